The van der Waals surface area contributed by atoms with Gasteiger partial charge in [0.25, 0.3) is 0 Å². The molecule has 6 nitrogen and oxygen atoms in total. The lowest BCUT2D eigenvalue weighted by Crippen LogP contribution is -2.40. The van der Waals surface area contributed by atoms with E-state index in [1.165, 1.54) is 32.6 Å². The fraction of sp³-hybridized carbons (Fsp3) is 0.438. The molecule has 1 aromatic carbocycles. The third-order valence-corrected chi connectivity index (χ3v) is 4.01. The quantitative estimate of drug-likeness (QED) is 0.436. The van der Waals surface area contributed by atoms with Gasteiger partial charge in [-0.1, -0.05) is 31.4 Å². The second-order valence-electron chi connectivity index (χ2n) is 5.41. The highest BCUT2D eigenvalue weighted by Gasteiger charge is 2.15. The van der Waals surface area contributed by atoms with E-state index in [1.54, 1.807) is 18.2 Å². The molecule has 1 aliphatic carbocycles. The minimum Gasteiger partial charge on any atom is -0.496 e. The van der Waals surface area contributed by atoms with Gasteiger partial charge >= 0.3 is 5.97 Å². The summed E-state index contributed by atoms with van der Waals surface area (Å²) in [5.74, 6) is -0.767. The fourth-order valence-corrected chi connectivity index (χ4v) is 2.90. The average Bonchev–Trinajstić information content (AvgIpc) is 2.55. The molecule has 3 N–H and O–H groups in total. The SMILES string of the molecule is COc1cccc(/C=N/NC(=S)NC2CCCCC2)c1C(=O)O. The van der Waals surface area contributed by atoms with Crippen LogP contribution >= 0.6 is 12.2 Å². The Bertz CT molecular complexity index is 598. The minimum atomic E-state index is -1.06. The number of thiocarbonyl (C=S) groups is 1. The van der Waals surface area contributed by atoms with E-state index >= 15 is 0 Å². The number of hydrogen-bond donors (Lipinski definition) is 3. The molecule has 1 aliphatic rings. The van der Waals surface area contributed by atoms with Gasteiger partial charge in [0.2, 0.25) is 0 Å². The lowest BCUT2D eigenvalue weighted by Gasteiger charge is -2.23. The number of carbonyl (C=O) groups is 1. The number of carboxylic acid groups (broad SMARTS) is 1. The van der Waals surface area contributed by atoms with Gasteiger partial charge < -0.3 is 15.2 Å². The molecule has 0 aliphatic heterocycles. The zero-order chi connectivity index (χ0) is 16.7. The van der Waals surface area contributed by atoms with Gasteiger partial charge in [0, 0.05) is 11.6 Å². The lowest BCUT2D eigenvalue weighted by atomic mass is 9.96. The summed E-state index contributed by atoms with van der Waals surface area (Å²) in [6.07, 6.45) is 7.38. The van der Waals surface area contributed by atoms with Crippen molar-refractivity contribution in [3.63, 3.8) is 0 Å². The molecule has 0 amide bonds. The molecule has 1 saturated carbocycles. The molecule has 0 radical (unpaired) electrons. The number of rotatable bonds is 5. The van der Waals surface area contributed by atoms with Gasteiger partial charge in [-0.2, -0.15) is 5.10 Å². The highest BCUT2D eigenvalue weighted by atomic mass is 32.1. The van der Waals surface area contributed by atoms with Gasteiger partial charge in [-0.3, -0.25) is 5.43 Å². The maximum atomic E-state index is 11.4. The average molecular weight is 335 g/mol. The Morgan fingerprint density at radius 3 is 2.78 bits per heavy atom. The normalized spacial score (nSPS) is 15.3. The molecule has 0 spiro atoms. The number of hydrogen-bond acceptors (Lipinski definition) is 4. The first-order chi connectivity index (χ1) is 11.1. The van der Waals surface area contributed by atoms with Crippen molar-refractivity contribution < 1.29 is 14.6 Å². The highest BCUT2D eigenvalue weighted by molar-refractivity contribution is 7.80. The maximum Gasteiger partial charge on any atom is 0.340 e. The number of ether oxygens (including phenoxy) is 1. The van der Waals surface area contributed by atoms with Crippen molar-refractivity contribution >= 4 is 29.5 Å². The fourth-order valence-electron chi connectivity index (χ4n) is 2.68. The zero-order valence-electron chi connectivity index (χ0n) is 13.0. The van der Waals surface area contributed by atoms with E-state index in [0.717, 1.165) is 12.8 Å². The number of hydrazone groups is 1. The second kappa shape index (κ2) is 8.47. The topological polar surface area (TPSA) is 83.0 Å². The van der Waals surface area contributed by atoms with Crippen LogP contribution in [0.2, 0.25) is 0 Å². The van der Waals surface area contributed by atoms with Crippen molar-refractivity contribution in [2.24, 2.45) is 5.10 Å². The largest absolute Gasteiger partial charge is 0.496 e. The lowest BCUT2D eigenvalue weighted by molar-refractivity contribution is 0.0693. The van der Waals surface area contributed by atoms with Gasteiger partial charge in [0.1, 0.15) is 11.3 Å². The third kappa shape index (κ3) is 4.92. The number of benzene rings is 1. The van der Waals surface area contributed by atoms with Gasteiger partial charge in [0.05, 0.1) is 13.3 Å². The Hall–Kier alpha value is -2.15. The van der Waals surface area contributed by atoms with Gasteiger partial charge in [-0.15, -0.1) is 0 Å². The molecular formula is C16H21N3O3S. The summed E-state index contributed by atoms with van der Waals surface area (Å²) < 4.78 is 5.07. The van der Waals surface area contributed by atoms with Crippen molar-refractivity contribution in [1.82, 2.24) is 10.7 Å². The van der Waals surface area contributed by atoms with Crippen LogP contribution in [0.3, 0.4) is 0 Å². The summed E-state index contributed by atoms with van der Waals surface area (Å²) in [5, 5.41) is 17.0. The van der Waals surface area contributed by atoms with E-state index in [4.69, 9.17) is 17.0 Å². The molecule has 0 bridgehead atoms. The Morgan fingerprint density at radius 2 is 2.13 bits per heavy atom. The maximum absolute atomic E-state index is 11.4. The predicted octanol–water partition coefficient (Wildman–Crippen LogP) is 2.52. The molecule has 0 atom stereocenters. The smallest absolute Gasteiger partial charge is 0.340 e. The van der Waals surface area contributed by atoms with Crippen LogP contribution in [0, 0.1) is 0 Å². The summed E-state index contributed by atoms with van der Waals surface area (Å²) in [4.78, 5) is 11.4. The number of carboxylic acids is 1. The first-order valence-electron chi connectivity index (χ1n) is 7.61. The van der Waals surface area contributed by atoms with Crippen LogP contribution in [0.4, 0.5) is 0 Å². The monoisotopic (exact) mass is 335 g/mol. The number of nitrogens with zero attached hydrogens (tertiary/aromatic N) is 1. The summed E-state index contributed by atoms with van der Waals surface area (Å²) in [6.45, 7) is 0. The molecule has 1 fully saturated rings. The van der Waals surface area contributed by atoms with Gasteiger partial charge in [0.15, 0.2) is 5.11 Å². The Kier molecular flexibility index (Phi) is 6.34. The van der Waals surface area contributed by atoms with Crippen LogP contribution < -0.4 is 15.5 Å². The van der Waals surface area contributed by atoms with Gasteiger partial charge in [-0.25, -0.2) is 4.79 Å². The van der Waals surface area contributed by atoms with E-state index in [0.29, 0.717) is 22.5 Å². The highest BCUT2D eigenvalue weighted by Crippen LogP contribution is 2.21. The van der Waals surface area contributed by atoms with Gasteiger partial charge in [-0.05, 0) is 31.1 Å². The predicted molar refractivity (Wildman–Crippen MR) is 93.3 cm³/mol. The minimum absolute atomic E-state index is 0.0757. The molecular weight excluding hydrogens is 314 g/mol. The molecule has 0 heterocycles. The van der Waals surface area contributed by atoms with E-state index in [9.17, 15) is 9.90 Å². The van der Waals surface area contributed by atoms with Crippen LogP contribution in [0.15, 0.2) is 23.3 Å². The second-order valence-corrected chi connectivity index (χ2v) is 5.82. The molecule has 7 heteroatoms. The Balaban J connectivity index is 1.97. The van der Waals surface area contributed by atoms with E-state index in [1.807, 2.05) is 0 Å². The first-order valence-corrected chi connectivity index (χ1v) is 8.02. The van der Waals surface area contributed by atoms with E-state index in [2.05, 4.69) is 15.8 Å². The van der Waals surface area contributed by atoms with Crippen LogP contribution in [-0.4, -0.2) is 35.6 Å². The molecule has 0 aromatic heterocycles. The van der Waals surface area contributed by atoms with E-state index in [-0.39, 0.29) is 5.56 Å². The number of methoxy groups -OCH3 is 1. The Morgan fingerprint density at radius 1 is 1.39 bits per heavy atom. The standard InChI is InChI=1S/C16H21N3O3S/c1-22-13-9-5-6-11(14(13)15(20)21)10-17-19-16(23)18-12-7-3-2-4-8-12/h5-6,9-10,12H,2-4,7-8H2,1H3,(H,20,21)(H2,18,19,23)/b17-10+. The molecule has 1 aromatic rings. The van der Waals surface area contributed by atoms with Crippen molar-refractivity contribution in [1.29, 1.82) is 0 Å². The van der Waals surface area contributed by atoms with Crippen LogP contribution in [0.5, 0.6) is 5.75 Å². The van der Waals surface area contributed by atoms with Crippen LogP contribution in [0.1, 0.15) is 48.0 Å². The summed E-state index contributed by atoms with van der Waals surface area (Å²) in [5.41, 5.74) is 3.26. The Labute approximate surface area is 140 Å². The first kappa shape index (κ1) is 17.2. The molecule has 0 saturated heterocycles. The van der Waals surface area contributed by atoms with Crippen LogP contribution in [-0.2, 0) is 0 Å². The molecule has 2 rings (SSSR count). The summed E-state index contributed by atoms with van der Waals surface area (Å²) in [6, 6.07) is 5.37. The summed E-state index contributed by atoms with van der Waals surface area (Å²) >= 11 is 5.21. The summed E-state index contributed by atoms with van der Waals surface area (Å²) in [7, 11) is 1.43. The van der Waals surface area contributed by atoms with Crippen LogP contribution in [0.25, 0.3) is 0 Å². The third-order valence-electron chi connectivity index (χ3n) is 3.80. The molecule has 0 unspecified atom stereocenters. The molecule has 23 heavy (non-hydrogen) atoms. The molecule has 124 valence electrons. The zero-order valence-corrected chi connectivity index (χ0v) is 13.9. The number of nitrogens with one attached hydrogen (secondary N) is 2. The van der Waals surface area contributed by atoms with Crippen molar-refractivity contribution in [2.45, 2.75) is 38.1 Å². The van der Waals surface area contributed by atoms with Crippen molar-refractivity contribution in [2.75, 3.05) is 7.11 Å². The number of aromatic carboxylic acids is 1. The van der Waals surface area contributed by atoms with Crippen molar-refractivity contribution in [3.8, 4) is 5.75 Å². The van der Waals surface area contributed by atoms with Crippen molar-refractivity contribution in [3.05, 3.63) is 29.3 Å². The van der Waals surface area contributed by atoms with E-state index < -0.39 is 5.97 Å².